The molecule has 0 spiro atoms. The number of anilines is 2. The van der Waals surface area contributed by atoms with Gasteiger partial charge in [0.05, 0.1) is 23.3 Å². The highest BCUT2D eigenvalue weighted by molar-refractivity contribution is 5.99. The lowest BCUT2D eigenvalue weighted by atomic mass is 9.69. The molecule has 160 valence electrons. The molecule has 1 aliphatic heterocycles. The van der Waals surface area contributed by atoms with Crippen molar-refractivity contribution in [2.45, 2.75) is 66.8 Å². The van der Waals surface area contributed by atoms with E-state index in [9.17, 15) is 9.59 Å². The number of benzene rings is 1. The highest BCUT2D eigenvalue weighted by Crippen LogP contribution is 2.50. The second kappa shape index (κ2) is 7.11. The number of carbonyl (C=O) groups excluding carboxylic acids is 2. The molecule has 0 aromatic heterocycles. The summed E-state index contributed by atoms with van der Waals surface area (Å²) in [5.41, 5.74) is 4.01. The van der Waals surface area contributed by atoms with Crippen molar-refractivity contribution in [2.24, 2.45) is 22.7 Å². The Morgan fingerprint density at radius 3 is 2.53 bits per heavy atom. The number of Topliss-reactive ketones (excluding diaryl/α,β-unsaturated/α-hetero) is 1. The topological polar surface area (TPSA) is 49.4 Å². The number of fused-ring (bicyclic) bond motifs is 2. The lowest BCUT2D eigenvalue weighted by Crippen LogP contribution is -2.50. The summed E-state index contributed by atoms with van der Waals surface area (Å²) in [5.74, 6) is 0.313. The summed E-state index contributed by atoms with van der Waals surface area (Å²) >= 11 is 0. The molecule has 4 heteroatoms. The number of hydrogen-bond donors (Lipinski definition) is 1. The number of nitrogens with one attached hydrogen (secondary N) is 1. The summed E-state index contributed by atoms with van der Waals surface area (Å²) < 4.78 is 0. The molecule has 2 aliphatic carbocycles. The van der Waals surface area contributed by atoms with Gasteiger partial charge in [-0.05, 0) is 48.6 Å². The van der Waals surface area contributed by atoms with Gasteiger partial charge in [0.25, 0.3) is 0 Å². The van der Waals surface area contributed by atoms with Crippen LogP contribution in [-0.2, 0) is 9.59 Å². The van der Waals surface area contributed by atoms with Crippen LogP contribution >= 0.6 is 0 Å². The summed E-state index contributed by atoms with van der Waals surface area (Å²) in [4.78, 5) is 28.4. The third-order valence-corrected chi connectivity index (χ3v) is 7.63. The fourth-order valence-corrected chi connectivity index (χ4v) is 5.63. The molecule has 1 aromatic carbocycles. The van der Waals surface area contributed by atoms with Crippen LogP contribution in [0.2, 0.25) is 0 Å². The number of amides is 1. The zero-order chi connectivity index (χ0) is 21.8. The number of hydrogen-bond acceptors (Lipinski definition) is 3. The molecular weight excluding hydrogens is 372 g/mol. The van der Waals surface area contributed by atoms with Crippen molar-refractivity contribution in [1.29, 1.82) is 0 Å². The molecule has 0 fully saturated rings. The van der Waals surface area contributed by atoms with Gasteiger partial charge in [0.15, 0.2) is 0 Å². The van der Waals surface area contributed by atoms with Crippen molar-refractivity contribution in [3.8, 4) is 0 Å². The smallest absolute Gasteiger partial charge is 0.224 e. The molecule has 3 atom stereocenters. The molecule has 30 heavy (non-hydrogen) atoms. The monoisotopic (exact) mass is 406 g/mol. The van der Waals surface area contributed by atoms with Crippen molar-refractivity contribution in [3.63, 3.8) is 0 Å². The van der Waals surface area contributed by atoms with Crippen molar-refractivity contribution >= 4 is 23.1 Å². The lowest BCUT2D eigenvalue weighted by molar-refractivity contribution is -0.125. The van der Waals surface area contributed by atoms with Crippen LogP contribution in [0.4, 0.5) is 11.4 Å². The van der Waals surface area contributed by atoms with Crippen LogP contribution < -0.4 is 10.2 Å². The van der Waals surface area contributed by atoms with E-state index in [2.05, 4.69) is 52.1 Å². The number of nitrogens with zero attached hydrogens (tertiary/aromatic N) is 1. The number of ketones is 1. The molecule has 0 saturated carbocycles. The first-order valence-corrected chi connectivity index (χ1v) is 11.1. The van der Waals surface area contributed by atoms with Gasteiger partial charge >= 0.3 is 0 Å². The van der Waals surface area contributed by atoms with Gasteiger partial charge < -0.3 is 10.2 Å². The quantitative estimate of drug-likeness (QED) is 0.640. The third kappa shape index (κ3) is 3.40. The van der Waals surface area contributed by atoms with E-state index < -0.39 is 0 Å². The van der Waals surface area contributed by atoms with Crippen LogP contribution in [0.5, 0.6) is 0 Å². The van der Waals surface area contributed by atoms with E-state index in [1.807, 2.05) is 29.2 Å². The average molecular weight is 407 g/mol. The standard InChI is InChI=1S/C26H34N2O2/c1-16-11-12-18(26(16,5)6)13-22-24-20(14-25(3,4)15-23(24)30)27-19-9-7-8-10-21(19)28(22)17(2)29/h7-11,14,18,22,24,27H,12-13,15H2,1-6H3/t18-,22+,24-/m1/s1. The lowest BCUT2D eigenvalue weighted by Gasteiger charge is -2.41. The Bertz CT molecular complexity index is 954. The van der Waals surface area contributed by atoms with Crippen molar-refractivity contribution in [3.05, 3.63) is 47.7 Å². The van der Waals surface area contributed by atoms with E-state index in [0.29, 0.717) is 12.3 Å². The molecule has 4 rings (SSSR count). The number of allylic oxidation sites excluding steroid dienone is 3. The van der Waals surface area contributed by atoms with E-state index >= 15 is 0 Å². The largest absolute Gasteiger partial charge is 0.357 e. The summed E-state index contributed by atoms with van der Waals surface area (Å²) in [6.07, 6.45) is 6.86. The minimum absolute atomic E-state index is 0.00591. The van der Waals surface area contributed by atoms with Crippen LogP contribution in [0, 0.1) is 22.7 Å². The van der Waals surface area contributed by atoms with Gasteiger partial charge in [-0.1, -0.05) is 57.6 Å². The second-order valence-electron chi connectivity index (χ2n) is 10.6. The first-order valence-electron chi connectivity index (χ1n) is 11.1. The van der Waals surface area contributed by atoms with Crippen molar-refractivity contribution in [1.82, 2.24) is 0 Å². The molecule has 1 amide bonds. The SMILES string of the molecule is CC(=O)N1c2ccccc2NC2=CC(C)(C)CC(=O)[C@H]2[C@@H]1C[C@H]1CC=C(C)C1(C)C. The highest BCUT2D eigenvalue weighted by atomic mass is 16.2. The molecule has 0 radical (unpaired) electrons. The van der Waals surface area contributed by atoms with E-state index in [-0.39, 0.29) is 34.5 Å². The zero-order valence-electron chi connectivity index (χ0n) is 19.1. The van der Waals surface area contributed by atoms with Gasteiger partial charge in [-0.15, -0.1) is 0 Å². The Kier molecular flexibility index (Phi) is 4.95. The number of carbonyl (C=O) groups is 2. The first kappa shape index (κ1) is 20.9. The van der Waals surface area contributed by atoms with Gasteiger partial charge in [-0.3, -0.25) is 9.59 Å². The fraction of sp³-hybridized carbons (Fsp3) is 0.538. The Hall–Kier alpha value is -2.36. The Balaban J connectivity index is 1.85. The maximum atomic E-state index is 13.5. The van der Waals surface area contributed by atoms with Crippen LogP contribution in [0.15, 0.2) is 47.7 Å². The summed E-state index contributed by atoms with van der Waals surface area (Å²) in [5, 5.41) is 3.55. The maximum absolute atomic E-state index is 13.5. The molecule has 0 saturated heterocycles. The minimum atomic E-state index is -0.314. The van der Waals surface area contributed by atoms with E-state index in [1.165, 1.54) is 5.57 Å². The normalized spacial score (nSPS) is 29.2. The van der Waals surface area contributed by atoms with Gasteiger partial charge in [-0.25, -0.2) is 0 Å². The highest BCUT2D eigenvalue weighted by Gasteiger charge is 2.47. The fourth-order valence-electron chi connectivity index (χ4n) is 5.63. The second-order valence-corrected chi connectivity index (χ2v) is 10.6. The predicted molar refractivity (Wildman–Crippen MR) is 122 cm³/mol. The van der Waals surface area contributed by atoms with Gasteiger partial charge in [-0.2, -0.15) is 0 Å². The van der Waals surface area contributed by atoms with Gasteiger partial charge in [0.2, 0.25) is 5.91 Å². The molecule has 1 heterocycles. The van der Waals surface area contributed by atoms with E-state index in [1.54, 1.807) is 6.92 Å². The Morgan fingerprint density at radius 2 is 1.90 bits per heavy atom. The summed E-state index contributed by atoms with van der Waals surface area (Å²) in [6, 6.07) is 7.75. The zero-order valence-corrected chi connectivity index (χ0v) is 19.1. The van der Waals surface area contributed by atoms with Gasteiger partial charge in [0.1, 0.15) is 5.78 Å². The molecule has 1 N–H and O–H groups in total. The maximum Gasteiger partial charge on any atom is 0.224 e. The average Bonchev–Trinajstić information content (AvgIpc) is 2.81. The number of rotatable bonds is 2. The molecule has 4 nitrogen and oxygen atoms in total. The summed E-state index contributed by atoms with van der Waals surface area (Å²) in [6.45, 7) is 12.6. The first-order chi connectivity index (χ1) is 14.0. The summed E-state index contributed by atoms with van der Waals surface area (Å²) in [7, 11) is 0. The Morgan fingerprint density at radius 1 is 1.20 bits per heavy atom. The molecule has 0 unspecified atom stereocenters. The van der Waals surface area contributed by atoms with Gasteiger partial charge in [0, 0.05) is 19.0 Å². The van der Waals surface area contributed by atoms with Crippen LogP contribution in [0.25, 0.3) is 0 Å². The van der Waals surface area contributed by atoms with E-state index in [0.717, 1.165) is 29.9 Å². The van der Waals surface area contributed by atoms with E-state index in [4.69, 9.17) is 0 Å². The third-order valence-electron chi connectivity index (χ3n) is 7.63. The minimum Gasteiger partial charge on any atom is -0.357 e. The molecule has 3 aliphatic rings. The molecule has 0 bridgehead atoms. The Labute approximate surface area is 180 Å². The van der Waals surface area contributed by atoms with Crippen LogP contribution in [0.3, 0.4) is 0 Å². The molecular formula is C26H34N2O2. The number of para-hydroxylation sites is 2. The molecule has 1 aromatic rings. The predicted octanol–water partition coefficient (Wildman–Crippen LogP) is 5.72. The van der Waals surface area contributed by atoms with Crippen molar-refractivity contribution < 1.29 is 9.59 Å². The van der Waals surface area contributed by atoms with Crippen LogP contribution in [-0.4, -0.2) is 17.7 Å². The van der Waals surface area contributed by atoms with Crippen molar-refractivity contribution in [2.75, 3.05) is 10.2 Å². The van der Waals surface area contributed by atoms with Crippen LogP contribution in [0.1, 0.15) is 60.8 Å².